The Kier molecular flexibility index (Phi) is 7.23. The molecule has 4 rings (SSSR count). The summed E-state index contributed by atoms with van der Waals surface area (Å²) in [5.41, 5.74) is 5.39. The minimum absolute atomic E-state index is 0.0844. The smallest absolute Gasteiger partial charge is 0.323 e. The molecule has 174 valence electrons. The van der Waals surface area contributed by atoms with Gasteiger partial charge in [0, 0.05) is 6.42 Å². The predicted molar refractivity (Wildman–Crippen MR) is 129 cm³/mol. The minimum Gasteiger partial charge on any atom is -0.465 e. The number of hydrogen-bond acceptors (Lipinski definition) is 5. The SMILES string of the molecule is CCOC(=O)[C@H]1CCCCN1CC(=O)N1N=C(c2ccc(C)cc2)C[C@@H]1c1ccc(C)cc1. The third-order valence-electron chi connectivity index (χ3n) is 6.52. The summed E-state index contributed by atoms with van der Waals surface area (Å²) in [6.45, 7) is 7.16. The molecular formula is C27H33N3O3. The number of esters is 1. The van der Waals surface area contributed by atoms with Gasteiger partial charge in [-0.25, -0.2) is 5.01 Å². The second kappa shape index (κ2) is 10.3. The first-order chi connectivity index (χ1) is 16.0. The van der Waals surface area contributed by atoms with Gasteiger partial charge in [-0.05, 0) is 51.3 Å². The second-order valence-corrected chi connectivity index (χ2v) is 9.02. The molecule has 33 heavy (non-hydrogen) atoms. The molecule has 6 heteroatoms. The van der Waals surface area contributed by atoms with Crippen LogP contribution >= 0.6 is 0 Å². The van der Waals surface area contributed by atoms with Crippen LogP contribution in [-0.4, -0.2) is 53.2 Å². The molecular weight excluding hydrogens is 414 g/mol. The molecule has 6 nitrogen and oxygen atoms in total. The molecule has 0 aromatic heterocycles. The van der Waals surface area contributed by atoms with E-state index in [1.807, 2.05) is 11.8 Å². The summed E-state index contributed by atoms with van der Waals surface area (Å²) in [7, 11) is 0. The van der Waals surface area contributed by atoms with Crippen molar-refractivity contribution in [3.63, 3.8) is 0 Å². The van der Waals surface area contributed by atoms with Crippen molar-refractivity contribution in [1.29, 1.82) is 0 Å². The number of carbonyl (C=O) groups is 2. The number of hydrogen-bond donors (Lipinski definition) is 0. The lowest BCUT2D eigenvalue weighted by Gasteiger charge is -2.34. The highest BCUT2D eigenvalue weighted by Crippen LogP contribution is 2.33. The van der Waals surface area contributed by atoms with Crippen molar-refractivity contribution in [2.24, 2.45) is 5.10 Å². The van der Waals surface area contributed by atoms with E-state index < -0.39 is 0 Å². The standard InChI is InChI=1S/C27H33N3O3/c1-4-33-27(32)24-7-5-6-16-29(24)18-26(31)30-25(22-14-10-20(3)11-15-22)17-23(28-30)21-12-8-19(2)9-13-21/h8-15,24-25H,4-7,16-18H2,1-3H3/t24-,25-/m1/s1. The van der Waals surface area contributed by atoms with Crippen molar-refractivity contribution in [3.05, 3.63) is 70.8 Å². The molecule has 2 aromatic carbocycles. The maximum absolute atomic E-state index is 13.5. The van der Waals surface area contributed by atoms with Crippen molar-refractivity contribution in [3.8, 4) is 0 Å². The molecule has 0 saturated carbocycles. The largest absolute Gasteiger partial charge is 0.465 e. The molecule has 2 heterocycles. The van der Waals surface area contributed by atoms with Crippen LogP contribution in [0.1, 0.15) is 60.9 Å². The lowest BCUT2D eigenvalue weighted by molar-refractivity contribution is -0.152. The summed E-state index contributed by atoms with van der Waals surface area (Å²) in [6, 6.07) is 16.1. The van der Waals surface area contributed by atoms with Crippen LogP contribution in [0.5, 0.6) is 0 Å². The molecule has 0 N–H and O–H groups in total. The Morgan fingerprint density at radius 2 is 1.67 bits per heavy atom. The fraction of sp³-hybridized carbons (Fsp3) is 0.444. The molecule has 1 amide bonds. The molecule has 0 bridgehead atoms. The Morgan fingerprint density at radius 3 is 2.33 bits per heavy atom. The number of piperidine rings is 1. The maximum atomic E-state index is 13.5. The Bertz CT molecular complexity index is 1010. The van der Waals surface area contributed by atoms with Gasteiger partial charge in [-0.15, -0.1) is 0 Å². The number of likely N-dealkylation sites (tertiary alicyclic amines) is 1. The molecule has 2 aliphatic rings. The maximum Gasteiger partial charge on any atom is 0.323 e. The van der Waals surface area contributed by atoms with Crippen LogP contribution in [0.25, 0.3) is 0 Å². The van der Waals surface area contributed by atoms with Gasteiger partial charge >= 0.3 is 5.97 Å². The lowest BCUT2D eigenvalue weighted by atomic mass is 9.97. The van der Waals surface area contributed by atoms with Gasteiger partial charge in [-0.2, -0.15) is 5.10 Å². The monoisotopic (exact) mass is 447 g/mol. The zero-order valence-corrected chi connectivity index (χ0v) is 19.8. The van der Waals surface area contributed by atoms with E-state index in [2.05, 4.69) is 62.4 Å². The van der Waals surface area contributed by atoms with Crippen molar-refractivity contribution < 1.29 is 14.3 Å². The van der Waals surface area contributed by atoms with Gasteiger partial charge < -0.3 is 4.74 Å². The Labute approximate surface area is 196 Å². The summed E-state index contributed by atoms with van der Waals surface area (Å²) in [4.78, 5) is 28.0. The summed E-state index contributed by atoms with van der Waals surface area (Å²) in [5, 5.41) is 6.43. The van der Waals surface area contributed by atoms with E-state index >= 15 is 0 Å². The lowest BCUT2D eigenvalue weighted by Crippen LogP contribution is -2.49. The molecule has 0 aliphatic carbocycles. The van der Waals surface area contributed by atoms with Crippen LogP contribution in [0.15, 0.2) is 53.6 Å². The van der Waals surface area contributed by atoms with E-state index in [1.54, 1.807) is 5.01 Å². The number of ether oxygens (including phenoxy) is 1. The van der Waals surface area contributed by atoms with Crippen LogP contribution in [-0.2, 0) is 14.3 Å². The fourth-order valence-corrected chi connectivity index (χ4v) is 4.64. The molecule has 1 fully saturated rings. The van der Waals surface area contributed by atoms with Crippen LogP contribution in [0, 0.1) is 13.8 Å². The van der Waals surface area contributed by atoms with Crippen LogP contribution < -0.4 is 0 Å². The highest BCUT2D eigenvalue weighted by Gasteiger charge is 2.37. The number of amides is 1. The molecule has 0 radical (unpaired) electrons. The number of carbonyl (C=O) groups excluding carboxylic acids is 2. The molecule has 2 aromatic rings. The summed E-state index contributed by atoms with van der Waals surface area (Å²) in [6.07, 6.45) is 3.34. The first-order valence-electron chi connectivity index (χ1n) is 11.9. The summed E-state index contributed by atoms with van der Waals surface area (Å²) >= 11 is 0. The molecule has 0 spiro atoms. The van der Waals surface area contributed by atoms with Gasteiger partial charge in [0.25, 0.3) is 5.91 Å². The van der Waals surface area contributed by atoms with Gasteiger partial charge in [-0.3, -0.25) is 14.5 Å². The molecule has 2 aliphatic heterocycles. The number of benzene rings is 2. The number of aryl methyl sites for hydroxylation is 2. The molecule has 1 saturated heterocycles. The van der Waals surface area contributed by atoms with E-state index in [0.717, 1.165) is 36.1 Å². The third-order valence-corrected chi connectivity index (χ3v) is 6.52. The second-order valence-electron chi connectivity index (χ2n) is 9.02. The zero-order valence-electron chi connectivity index (χ0n) is 19.8. The normalized spacial score (nSPS) is 21.1. The summed E-state index contributed by atoms with van der Waals surface area (Å²) in [5.74, 6) is -0.316. The highest BCUT2D eigenvalue weighted by molar-refractivity contribution is 6.03. The first-order valence-corrected chi connectivity index (χ1v) is 11.9. The van der Waals surface area contributed by atoms with Gasteiger partial charge in [0.2, 0.25) is 0 Å². The van der Waals surface area contributed by atoms with Crippen LogP contribution in [0.4, 0.5) is 0 Å². The van der Waals surface area contributed by atoms with E-state index in [0.29, 0.717) is 19.6 Å². The number of nitrogens with zero attached hydrogens (tertiary/aromatic N) is 3. The highest BCUT2D eigenvalue weighted by atomic mass is 16.5. The third kappa shape index (κ3) is 5.33. The van der Waals surface area contributed by atoms with Gasteiger partial charge in [0.1, 0.15) is 6.04 Å². The topological polar surface area (TPSA) is 62.2 Å². The van der Waals surface area contributed by atoms with E-state index in [1.165, 1.54) is 11.1 Å². The van der Waals surface area contributed by atoms with E-state index in [4.69, 9.17) is 9.84 Å². The van der Waals surface area contributed by atoms with Crippen molar-refractivity contribution >= 4 is 17.6 Å². The number of rotatable bonds is 6. The average molecular weight is 448 g/mol. The number of hydrazone groups is 1. The molecule has 2 atom stereocenters. The predicted octanol–water partition coefficient (Wildman–Crippen LogP) is 4.40. The minimum atomic E-state index is -0.358. The van der Waals surface area contributed by atoms with Crippen LogP contribution in [0.3, 0.4) is 0 Å². The van der Waals surface area contributed by atoms with Crippen molar-refractivity contribution in [2.45, 2.75) is 58.5 Å². The zero-order chi connectivity index (χ0) is 23.4. The Hall–Kier alpha value is -2.99. The van der Waals surface area contributed by atoms with Gasteiger partial charge in [0.05, 0.1) is 24.9 Å². The fourth-order valence-electron chi connectivity index (χ4n) is 4.64. The van der Waals surface area contributed by atoms with E-state index in [9.17, 15) is 9.59 Å². The quantitative estimate of drug-likeness (QED) is 0.616. The van der Waals surface area contributed by atoms with Crippen molar-refractivity contribution in [2.75, 3.05) is 19.7 Å². The van der Waals surface area contributed by atoms with Crippen molar-refractivity contribution in [1.82, 2.24) is 9.91 Å². The first kappa shape index (κ1) is 23.2. The Morgan fingerprint density at radius 1 is 1.00 bits per heavy atom. The molecule has 0 unspecified atom stereocenters. The Balaban J connectivity index is 1.59. The average Bonchev–Trinajstić information content (AvgIpc) is 3.26. The van der Waals surface area contributed by atoms with Gasteiger partial charge in [-0.1, -0.05) is 66.1 Å². The van der Waals surface area contributed by atoms with E-state index in [-0.39, 0.29) is 30.5 Å². The van der Waals surface area contributed by atoms with Crippen LogP contribution in [0.2, 0.25) is 0 Å². The van der Waals surface area contributed by atoms with Gasteiger partial charge in [0.15, 0.2) is 0 Å². The summed E-state index contributed by atoms with van der Waals surface area (Å²) < 4.78 is 5.27.